The van der Waals surface area contributed by atoms with Crippen molar-refractivity contribution < 1.29 is 29.3 Å². The number of esters is 2. The molecule has 0 amide bonds. The average molecular weight is 553 g/mol. The Labute approximate surface area is 240 Å². The highest BCUT2D eigenvalue weighted by molar-refractivity contribution is 5.88. The normalized spacial score (nSPS) is 21.0. The Hall–Kier alpha value is -2.70. The van der Waals surface area contributed by atoms with Gasteiger partial charge in [0, 0.05) is 0 Å². The van der Waals surface area contributed by atoms with E-state index in [9.17, 15) is 9.59 Å². The SMILES string of the molecule is C=C(CO)C(=O)OCC(COC(=O)C(=C)CO)c1ccc(C2=CCC(C3CCC(CCCCC)CC3)CC2)cc1. The highest BCUT2D eigenvalue weighted by Gasteiger charge is 2.29. The number of aliphatic hydroxyl groups is 2. The summed E-state index contributed by atoms with van der Waals surface area (Å²) in [4.78, 5) is 24.1. The largest absolute Gasteiger partial charge is 0.461 e. The molecule has 0 bridgehead atoms. The van der Waals surface area contributed by atoms with Gasteiger partial charge in [0.1, 0.15) is 13.2 Å². The lowest BCUT2D eigenvalue weighted by Gasteiger charge is -2.35. The number of aliphatic hydroxyl groups excluding tert-OH is 2. The first-order chi connectivity index (χ1) is 19.4. The molecule has 2 aliphatic carbocycles. The summed E-state index contributed by atoms with van der Waals surface area (Å²) < 4.78 is 10.6. The van der Waals surface area contributed by atoms with Crippen molar-refractivity contribution in [3.05, 3.63) is 65.8 Å². The quantitative estimate of drug-likeness (QED) is 0.146. The van der Waals surface area contributed by atoms with E-state index >= 15 is 0 Å². The van der Waals surface area contributed by atoms with Gasteiger partial charge in [0.25, 0.3) is 0 Å². The second-order valence-corrected chi connectivity index (χ2v) is 11.6. The number of carbonyl (C=O) groups excluding carboxylic acids is 2. The Morgan fingerprint density at radius 3 is 1.98 bits per heavy atom. The van der Waals surface area contributed by atoms with Crippen molar-refractivity contribution >= 4 is 17.5 Å². The van der Waals surface area contributed by atoms with Crippen LogP contribution in [0, 0.1) is 17.8 Å². The van der Waals surface area contributed by atoms with Gasteiger partial charge in [-0.25, -0.2) is 9.59 Å². The molecule has 0 radical (unpaired) electrons. The molecule has 0 aliphatic heterocycles. The van der Waals surface area contributed by atoms with Crippen LogP contribution in [-0.2, 0) is 19.1 Å². The molecule has 2 N–H and O–H groups in total. The maximum Gasteiger partial charge on any atom is 0.335 e. The van der Waals surface area contributed by atoms with Crippen LogP contribution in [0.3, 0.4) is 0 Å². The predicted molar refractivity (Wildman–Crippen MR) is 158 cm³/mol. The zero-order valence-electron chi connectivity index (χ0n) is 24.2. The lowest BCUT2D eigenvalue weighted by atomic mass is 9.70. The monoisotopic (exact) mass is 552 g/mol. The Bertz CT molecular complexity index is 983. The van der Waals surface area contributed by atoms with E-state index in [0.717, 1.165) is 36.2 Å². The first-order valence-corrected chi connectivity index (χ1v) is 15.1. The summed E-state index contributed by atoms with van der Waals surface area (Å²) >= 11 is 0. The van der Waals surface area contributed by atoms with Crippen LogP contribution in [0.5, 0.6) is 0 Å². The summed E-state index contributed by atoms with van der Waals surface area (Å²) in [6.45, 7) is 8.21. The van der Waals surface area contributed by atoms with Gasteiger partial charge in [-0.2, -0.15) is 0 Å². The van der Waals surface area contributed by atoms with Gasteiger partial charge < -0.3 is 19.7 Å². The van der Waals surface area contributed by atoms with Crippen molar-refractivity contribution in [1.29, 1.82) is 0 Å². The topological polar surface area (TPSA) is 93.1 Å². The maximum atomic E-state index is 12.0. The van der Waals surface area contributed by atoms with Gasteiger partial charge in [-0.3, -0.25) is 0 Å². The number of ether oxygens (including phenoxy) is 2. The van der Waals surface area contributed by atoms with Gasteiger partial charge in [0.05, 0.1) is 30.3 Å². The summed E-state index contributed by atoms with van der Waals surface area (Å²) in [5.41, 5.74) is 3.35. The third-order valence-corrected chi connectivity index (χ3v) is 8.77. The highest BCUT2D eigenvalue weighted by atomic mass is 16.5. The number of carbonyl (C=O) groups is 2. The molecule has 1 aromatic carbocycles. The molecule has 0 aromatic heterocycles. The summed E-state index contributed by atoms with van der Waals surface area (Å²) in [7, 11) is 0. The van der Waals surface area contributed by atoms with Crippen LogP contribution in [0.4, 0.5) is 0 Å². The third kappa shape index (κ3) is 9.45. The van der Waals surface area contributed by atoms with Gasteiger partial charge in [0.15, 0.2) is 0 Å². The minimum Gasteiger partial charge on any atom is -0.461 e. The van der Waals surface area contributed by atoms with E-state index in [2.05, 4.69) is 38.3 Å². The number of allylic oxidation sites excluding steroid dienone is 2. The van der Waals surface area contributed by atoms with Crippen molar-refractivity contribution in [2.24, 2.45) is 17.8 Å². The molecule has 0 saturated heterocycles. The van der Waals surface area contributed by atoms with E-state index in [-0.39, 0.29) is 24.4 Å². The zero-order valence-corrected chi connectivity index (χ0v) is 24.2. The molecule has 40 heavy (non-hydrogen) atoms. The minimum atomic E-state index is -0.692. The zero-order chi connectivity index (χ0) is 28.9. The molecule has 0 heterocycles. The molecule has 0 spiro atoms. The van der Waals surface area contributed by atoms with Crippen molar-refractivity contribution in [3.63, 3.8) is 0 Å². The predicted octanol–water partition coefficient (Wildman–Crippen LogP) is 6.52. The number of benzene rings is 1. The van der Waals surface area contributed by atoms with Gasteiger partial charge in [-0.1, -0.05) is 88.9 Å². The Morgan fingerprint density at radius 2 is 1.48 bits per heavy atom. The molecule has 1 fully saturated rings. The average Bonchev–Trinajstić information content (AvgIpc) is 3.00. The number of hydrogen-bond donors (Lipinski definition) is 2. The Morgan fingerprint density at radius 1 is 0.875 bits per heavy atom. The van der Waals surface area contributed by atoms with Crippen molar-refractivity contribution in [2.75, 3.05) is 26.4 Å². The van der Waals surface area contributed by atoms with Gasteiger partial charge in [-0.15, -0.1) is 0 Å². The van der Waals surface area contributed by atoms with Crippen LogP contribution < -0.4 is 0 Å². The van der Waals surface area contributed by atoms with Gasteiger partial charge >= 0.3 is 11.9 Å². The molecule has 1 saturated carbocycles. The standard InChI is InChI=1S/C34H48O6/c1-4-5-6-7-26-8-10-27(11-9-26)28-12-14-29(15-13-28)30-16-18-31(19-17-30)32(22-39-33(37)24(2)20-35)23-40-34(38)25(3)21-36/h14,16-19,26-28,32,35-36H,2-13,15,20-23H2,1H3. The fourth-order valence-electron chi connectivity index (χ4n) is 6.07. The first-order valence-electron chi connectivity index (χ1n) is 15.1. The number of unbranched alkanes of at least 4 members (excludes halogenated alkanes) is 2. The second-order valence-electron chi connectivity index (χ2n) is 11.6. The summed E-state index contributed by atoms with van der Waals surface area (Å²) in [5.74, 6) is 0.827. The first kappa shape index (κ1) is 31.8. The summed E-state index contributed by atoms with van der Waals surface area (Å²) in [6, 6.07) is 8.13. The number of hydrogen-bond acceptors (Lipinski definition) is 6. The van der Waals surface area contributed by atoms with Crippen molar-refractivity contribution in [3.8, 4) is 0 Å². The molecule has 6 nitrogen and oxygen atoms in total. The van der Waals surface area contributed by atoms with Crippen LogP contribution in [0.15, 0.2) is 54.6 Å². The number of rotatable bonds is 15. The summed E-state index contributed by atoms with van der Waals surface area (Å²) in [6.07, 6.45) is 17.0. The highest BCUT2D eigenvalue weighted by Crippen LogP contribution is 2.42. The van der Waals surface area contributed by atoms with E-state index in [4.69, 9.17) is 19.7 Å². The Kier molecular flexibility index (Phi) is 13.2. The van der Waals surface area contributed by atoms with Gasteiger partial charge in [-0.05, 0) is 66.6 Å². The molecule has 2 aliphatic rings. The minimum absolute atomic E-state index is 0.0395. The van der Waals surface area contributed by atoms with Gasteiger partial charge in [0.2, 0.25) is 0 Å². The molecule has 220 valence electrons. The van der Waals surface area contributed by atoms with E-state index in [1.54, 1.807) is 0 Å². The fourth-order valence-corrected chi connectivity index (χ4v) is 6.07. The van der Waals surface area contributed by atoms with Crippen LogP contribution in [-0.4, -0.2) is 48.6 Å². The summed E-state index contributed by atoms with van der Waals surface area (Å²) in [5, 5.41) is 18.3. The smallest absolute Gasteiger partial charge is 0.335 e. The Balaban J connectivity index is 1.57. The fraction of sp³-hybridized carbons (Fsp3) is 0.588. The maximum absolute atomic E-state index is 12.0. The van der Waals surface area contributed by atoms with Crippen LogP contribution >= 0.6 is 0 Å². The molecule has 3 rings (SSSR count). The van der Waals surface area contributed by atoms with E-state index in [0.29, 0.717) is 0 Å². The van der Waals surface area contributed by atoms with Crippen molar-refractivity contribution in [1.82, 2.24) is 0 Å². The lowest BCUT2D eigenvalue weighted by Crippen LogP contribution is -2.23. The molecule has 1 unspecified atom stereocenters. The third-order valence-electron chi connectivity index (χ3n) is 8.77. The van der Waals surface area contributed by atoms with E-state index in [1.165, 1.54) is 68.9 Å². The molecular weight excluding hydrogens is 504 g/mol. The molecule has 1 atom stereocenters. The van der Waals surface area contributed by atoms with E-state index < -0.39 is 31.1 Å². The van der Waals surface area contributed by atoms with Crippen molar-refractivity contribution in [2.45, 2.75) is 83.5 Å². The molecular formula is C34H48O6. The van der Waals surface area contributed by atoms with Crippen LogP contribution in [0.2, 0.25) is 0 Å². The van der Waals surface area contributed by atoms with Crippen LogP contribution in [0.1, 0.15) is 94.6 Å². The second kappa shape index (κ2) is 16.5. The lowest BCUT2D eigenvalue weighted by molar-refractivity contribution is -0.142. The molecule has 6 heteroatoms. The van der Waals surface area contributed by atoms with Crippen LogP contribution in [0.25, 0.3) is 5.57 Å². The van der Waals surface area contributed by atoms with E-state index in [1.807, 2.05) is 12.1 Å². The molecule has 1 aromatic rings.